The van der Waals surface area contributed by atoms with Gasteiger partial charge in [0.05, 0.1) is 23.7 Å². The number of halogens is 2. The zero-order valence-electron chi connectivity index (χ0n) is 35.7. The van der Waals surface area contributed by atoms with Crippen LogP contribution in [0.4, 0.5) is 8.78 Å². The summed E-state index contributed by atoms with van der Waals surface area (Å²) >= 11 is 0. The molecule has 0 radical (unpaired) electrons. The van der Waals surface area contributed by atoms with E-state index in [0.29, 0.717) is 74.8 Å². The summed E-state index contributed by atoms with van der Waals surface area (Å²) in [4.78, 5) is 46.2. The molecular weight excluding hydrogens is 749 g/mol. The number of benzene rings is 1. The Bertz CT molecular complexity index is 2110. The first-order valence-electron chi connectivity index (χ1n) is 23.1. The lowest BCUT2D eigenvalue weighted by molar-refractivity contribution is -0.191. The van der Waals surface area contributed by atoms with Gasteiger partial charge in [0.1, 0.15) is 0 Å². The van der Waals surface area contributed by atoms with Crippen LogP contribution in [-0.2, 0) is 14.3 Å². The van der Waals surface area contributed by atoms with Crippen LogP contribution in [0.1, 0.15) is 141 Å². The number of amides is 1. The smallest absolute Gasteiger partial charge is 0.313 e. The van der Waals surface area contributed by atoms with Crippen molar-refractivity contribution in [1.82, 2.24) is 4.90 Å². The van der Waals surface area contributed by atoms with E-state index in [4.69, 9.17) is 4.74 Å². The van der Waals surface area contributed by atoms with E-state index >= 15 is 4.79 Å². The molecule has 1 amide bonds. The molecule has 2 spiro atoms. The predicted octanol–water partition coefficient (Wildman–Crippen LogP) is 8.91. The largest absolute Gasteiger partial charge is 0.448 e. The molecule has 8 bridgehead atoms. The maximum Gasteiger partial charge on any atom is 0.313 e. The molecule has 13 rings (SSSR count). The molecule has 1 aromatic rings. The number of fused-ring (bicyclic) bond motifs is 3. The van der Waals surface area contributed by atoms with Gasteiger partial charge in [0.2, 0.25) is 0 Å². The number of ether oxygens (including phenoxy) is 1. The third-order valence-electron chi connectivity index (χ3n) is 21.0. The van der Waals surface area contributed by atoms with Crippen molar-refractivity contribution in [3.63, 3.8) is 0 Å². The predicted molar refractivity (Wildman–Crippen MR) is 216 cm³/mol. The standard InChI is InChI=1S/C50H63F2NO6/c1-42(2)45(5)14-17-50(42,59-41(45)57)40(56)53(27-46-22-29-18-30(23-46)20-31(19-29)24-46)28-48(58)13-10-38-44(48,4)12-9-37-43(3)11-8-33(54)25-47(43)15-16-49(37,38)34(26-47)39(55)32-6-7-35(51)36(52)21-32/h6-7,15-16,21,26,29-31,33,37-38,54,58H,8-14,17-20,22-25,27-28H2,1-5H3. The highest BCUT2D eigenvalue weighted by Gasteiger charge is 2.78. The van der Waals surface area contributed by atoms with Crippen LogP contribution >= 0.6 is 0 Å². The number of allylic oxidation sites excluding steroid dienone is 4. The summed E-state index contributed by atoms with van der Waals surface area (Å²) in [5.74, 6) is -0.973. The first-order chi connectivity index (χ1) is 27.7. The maximum atomic E-state index is 15.7. The maximum absolute atomic E-state index is 15.7. The molecular formula is C50H63F2NO6. The third kappa shape index (κ3) is 4.58. The third-order valence-corrected chi connectivity index (χ3v) is 21.0. The molecule has 1 aliphatic heterocycles. The number of carbonyl (C=O) groups excluding carboxylic acids is 3. The molecule has 318 valence electrons. The molecule has 9 fully saturated rings. The van der Waals surface area contributed by atoms with Crippen molar-refractivity contribution in [2.45, 2.75) is 148 Å². The molecule has 1 saturated heterocycles. The van der Waals surface area contributed by atoms with E-state index in [1.54, 1.807) is 0 Å². The zero-order valence-corrected chi connectivity index (χ0v) is 35.7. The van der Waals surface area contributed by atoms with Gasteiger partial charge >= 0.3 is 5.97 Å². The van der Waals surface area contributed by atoms with Crippen LogP contribution in [0.25, 0.3) is 0 Å². The number of hydrogen-bond acceptors (Lipinski definition) is 6. The molecule has 9 heteroatoms. The number of rotatable bonds is 7. The fraction of sp³-hybridized carbons (Fsp3) is 0.740. The number of aliphatic hydroxyl groups is 2. The highest BCUT2D eigenvalue weighted by atomic mass is 19.2. The Morgan fingerprint density at radius 2 is 1.44 bits per heavy atom. The fourth-order valence-corrected chi connectivity index (χ4v) is 17.8. The summed E-state index contributed by atoms with van der Waals surface area (Å²) in [6.45, 7) is 11.2. The number of aliphatic hydroxyl groups excluding tert-OH is 1. The average Bonchev–Trinajstić information content (AvgIpc) is 3.62. The van der Waals surface area contributed by atoms with Crippen LogP contribution in [0, 0.1) is 79.1 Å². The Balaban J connectivity index is 1.00. The second-order valence-corrected chi connectivity index (χ2v) is 23.5. The lowest BCUT2D eigenvalue weighted by atomic mass is 9.32. The Hall–Kier alpha value is -2.91. The van der Waals surface area contributed by atoms with E-state index in [0.717, 1.165) is 44.2 Å². The highest BCUT2D eigenvalue weighted by Crippen LogP contribution is 2.79. The zero-order chi connectivity index (χ0) is 41.6. The van der Waals surface area contributed by atoms with Crippen molar-refractivity contribution < 1.29 is 38.1 Å². The molecule has 1 heterocycles. The van der Waals surface area contributed by atoms with Crippen LogP contribution in [0.5, 0.6) is 0 Å². The highest BCUT2D eigenvalue weighted by molar-refractivity contribution is 6.10. The van der Waals surface area contributed by atoms with Crippen molar-refractivity contribution >= 4 is 17.7 Å². The Kier molecular flexibility index (Phi) is 7.77. The molecule has 12 aliphatic rings. The topological polar surface area (TPSA) is 104 Å². The van der Waals surface area contributed by atoms with Crippen LogP contribution in [-0.4, -0.2) is 63.2 Å². The number of carbonyl (C=O) groups is 3. The van der Waals surface area contributed by atoms with Crippen molar-refractivity contribution in [3.05, 3.63) is 59.2 Å². The van der Waals surface area contributed by atoms with Gasteiger partial charge in [-0.1, -0.05) is 45.9 Å². The summed E-state index contributed by atoms with van der Waals surface area (Å²) in [5.41, 5.74) is -5.75. The van der Waals surface area contributed by atoms with Crippen LogP contribution < -0.4 is 0 Å². The van der Waals surface area contributed by atoms with Crippen LogP contribution in [0.15, 0.2) is 42.0 Å². The lowest BCUT2D eigenvalue weighted by Crippen LogP contribution is -2.68. The first-order valence-corrected chi connectivity index (χ1v) is 23.1. The van der Waals surface area contributed by atoms with Gasteiger partial charge in [0.15, 0.2) is 23.0 Å². The van der Waals surface area contributed by atoms with E-state index in [9.17, 15) is 28.6 Å². The summed E-state index contributed by atoms with van der Waals surface area (Å²) in [6.07, 6.45) is 18.7. The number of ketones is 1. The Morgan fingerprint density at radius 3 is 2.07 bits per heavy atom. The lowest BCUT2D eigenvalue weighted by Gasteiger charge is -2.71. The molecule has 11 aliphatic carbocycles. The number of hydrogen-bond donors (Lipinski definition) is 2. The SMILES string of the molecule is CC12CCC(C(=O)N(CC34CC5CC(CC(C5)C3)C4)CC3(O)CCC4C56C=CC7(C=C5C(=O)c5ccc(F)c(F)c5)CC(O)CCC7(C)C6CCC43C)(OC1=O)C2(C)C. The minimum Gasteiger partial charge on any atom is -0.448 e. The van der Waals surface area contributed by atoms with E-state index in [1.807, 2.05) is 25.7 Å². The van der Waals surface area contributed by atoms with Gasteiger partial charge < -0.3 is 19.8 Å². The molecule has 59 heavy (non-hydrogen) atoms. The summed E-state index contributed by atoms with van der Waals surface area (Å²) in [5, 5.41) is 24.7. The first kappa shape index (κ1) is 39.0. The van der Waals surface area contributed by atoms with Gasteiger partial charge in [0.25, 0.3) is 5.91 Å². The normalized spacial score (nSPS) is 50.3. The molecule has 1 aromatic carbocycles. The molecule has 8 saturated carbocycles. The average molecular weight is 812 g/mol. The summed E-state index contributed by atoms with van der Waals surface area (Å²) < 4.78 is 35.4. The second-order valence-electron chi connectivity index (χ2n) is 23.5. The Labute approximate surface area is 347 Å². The van der Waals surface area contributed by atoms with Crippen molar-refractivity contribution in [2.75, 3.05) is 13.1 Å². The second kappa shape index (κ2) is 11.8. The minimum absolute atomic E-state index is 0.0208. The van der Waals surface area contributed by atoms with E-state index < -0.39 is 56.0 Å². The van der Waals surface area contributed by atoms with Crippen molar-refractivity contribution in [1.29, 1.82) is 0 Å². The molecule has 10 unspecified atom stereocenters. The number of esters is 1. The van der Waals surface area contributed by atoms with Gasteiger partial charge in [0, 0.05) is 39.3 Å². The van der Waals surface area contributed by atoms with Gasteiger partial charge in [-0.3, -0.25) is 14.4 Å². The number of Topliss-reactive ketones (excluding diaryl/α,β-unsaturated/α-hetero) is 1. The number of nitrogens with zero attached hydrogens (tertiary/aromatic N) is 1. The molecule has 7 nitrogen and oxygen atoms in total. The summed E-state index contributed by atoms with van der Waals surface area (Å²) in [7, 11) is 0. The minimum atomic E-state index is -1.31. The van der Waals surface area contributed by atoms with Gasteiger partial charge in [-0.05, 0) is 162 Å². The molecule has 0 aromatic heterocycles. The van der Waals surface area contributed by atoms with Crippen LogP contribution in [0.3, 0.4) is 0 Å². The molecule has 10 atom stereocenters. The Morgan fingerprint density at radius 1 is 0.797 bits per heavy atom. The van der Waals surface area contributed by atoms with Crippen LogP contribution in [0.2, 0.25) is 0 Å². The van der Waals surface area contributed by atoms with Gasteiger partial charge in [-0.15, -0.1) is 0 Å². The van der Waals surface area contributed by atoms with Crippen molar-refractivity contribution in [3.8, 4) is 0 Å². The van der Waals surface area contributed by atoms with E-state index in [2.05, 4.69) is 32.1 Å². The van der Waals surface area contributed by atoms with E-state index in [-0.39, 0.29) is 52.4 Å². The quantitative estimate of drug-likeness (QED) is 0.162. The van der Waals surface area contributed by atoms with E-state index in [1.165, 1.54) is 25.3 Å². The van der Waals surface area contributed by atoms with Gasteiger partial charge in [-0.25, -0.2) is 8.78 Å². The monoisotopic (exact) mass is 811 g/mol. The van der Waals surface area contributed by atoms with Crippen molar-refractivity contribution in [2.24, 2.45) is 67.5 Å². The fourth-order valence-electron chi connectivity index (χ4n) is 17.8. The summed E-state index contributed by atoms with van der Waals surface area (Å²) in [6, 6.07) is 3.40. The van der Waals surface area contributed by atoms with Gasteiger partial charge in [-0.2, -0.15) is 0 Å². The molecule has 2 N–H and O–H groups in total.